The van der Waals surface area contributed by atoms with Crippen LogP contribution in [0.4, 0.5) is 5.69 Å². The van der Waals surface area contributed by atoms with Crippen LogP contribution >= 0.6 is 0 Å². The van der Waals surface area contributed by atoms with Crippen LogP contribution in [-0.2, 0) is 19.9 Å². The summed E-state index contributed by atoms with van der Waals surface area (Å²) in [7, 11) is 0. The Kier molecular flexibility index (Phi) is 8.86. The van der Waals surface area contributed by atoms with E-state index in [2.05, 4.69) is 32.0 Å². The highest BCUT2D eigenvalue weighted by atomic mass is 16.2. The van der Waals surface area contributed by atoms with Crippen LogP contribution in [0.25, 0.3) is 10.8 Å². The normalized spacial score (nSPS) is 25.7. The molecular formula is C43H44N8O5. The molecule has 4 fully saturated rings. The molecule has 13 nitrogen and oxygen atoms in total. The smallest absolute Gasteiger partial charge is 0.262 e. The first kappa shape index (κ1) is 36.0. The van der Waals surface area contributed by atoms with E-state index < -0.39 is 35.2 Å². The van der Waals surface area contributed by atoms with E-state index in [0.29, 0.717) is 46.2 Å². The molecule has 5 amide bonds. The predicted octanol–water partition coefficient (Wildman–Crippen LogP) is 4.60. The number of hydrogen-bond acceptors (Lipinski definition) is 9. The number of carbonyl (C=O) groups is 5. The van der Waals surface area contributed by atoms with Crippen molar-refractivity contribution < 1.29 is 24.0 Å². The van der Waals surface area contributed by atoms with Gasteiger partial charge >= 0.3 is 0 Å². The average molecular weight is 753 g/mol. The summed E-state index contributed by atoms with van der Waals surface area (Å²) in [6.45, 7) is 6.60. The van der Waals surface area contributed by atoms with Crippen LogP contribution in [0.2, 0.25) is 0 Å². The van der Waals surface area contributed by atoms with Gasteiger partial charge in [-0.2, -0.15) is 10.4 Å². The highest BCUT2D eigenvalue weighted by molar-refractivity contribution is 6.23. The van der Waals surface area contributed by atoms with Crippen molar-refractivity contribution in [3.63, 3.8) is 0 Å². The lowest BCUT2D eigenvalue weighted by Gasteiger charge is -2.36. The van der Waals surface area contributed by atoms with Crippen LogP contribution in [0.15, 0.2) is 67.0 Å². The van der Waals surface area contributed by atoms with Gasteiger partial charge in [0.15, 0.2) is 0 Å². The van der Waals surface area contributed by atoms with Crippen LogP contribution in [0.5, 0.6) is 0 Å². The minimum atomic E-state index is -0.978. The Hall–Kier alpha value is -5.71. The minimum absolute atomic E-state index is 0.0717. The van der Waals surface area contributed by atoms with Gasteiger partial charge in [0.05, 0.1) is 29.0 Å². The number of rotatable bonds is 7. The van der Waals surface area contributed by atoms with Crippen molar-refractivity contribution in [1.82, 2.24) is 30.2 Å². The van der Waals surface area contributed by atoms with Gasteiger partial charge < -0.3 is 15.5 Å². The van der Waals surface area contributed by atoms with E-state index in [0.717, 1.165) is 72.1 Å². The molecule has 286 valence electrons. The lowest BCUT2D eigenvalue weighted by atomic mass is 9.88. The summed E-state index contributed by atoms with van der Waals surface area (Å²) in [5.41, 5.74) is 3.03. The zero-order valence-electron chi connectivity index (χ0n) is 31.5. The Morgan fingerprint density at radius 1 is 0.929 bits per heavy atom. The number of fused-ring (bicyclic) bond motifs is 3. The van der Waals surface area contributed by atoms with E-state index in [4.69, 9.17) is 0 Å². The van der Waals surface area contributed by atoms with Crippen molar-refractivity contribution in [2.24, 2.45) is 11.8 Å². The number of nitrogens with one attached hydrogen (secondary N) is 3. The molecule has 4 aliphatic heterocycles. The van der Waals surface area contributed by atoms with Crippen molar-refractivity contribution in [1.29, 1.82) is 5.26 Å². The molecule has 56 heavy (non-hydrogen) atoms. The highest BCUT2D eigenvalue weighted by Crippen LogP contribution is 2.47. The molecule has 3 saturated heterocycles. The van der Waals surface area contributed by atoms with Gasteiger partial charge in [0.25, 0.3) is 17.7 Å². The van der Waals surface area contributed by atoms with Gasteiger partial charge in [-0.1, -0.05) is 30.3 Å². The molecule has 3 N–H and O–H groups in total. The third-order valence-corrected chi connectivity index (χ3v) is 13.1. The molecule has 1 saturated carbocycles. The molecule has 1 aliphatic carbocycles. The fraction of sp³-hybridized carbons (Fsp3) is 0.419. The molecule has 0 bridgehead atoms. The molecule has 9 rings (SSSR count). The van der Waals surface area contributed by atoms with Gasteiger partial charge in [0.2, 0.25) is 11.8 Å². The molecule has 4 aromatic rings. The lowest BCUT2D eigenvalue weighted by molar-refractivity contribution is -0.136. The SMILES string of the molecule is CC(C)(C(=O)Nc1ccc(C#N)c2ccccc12)n1cc(C2CCN(C3CC4CNC(c5ccc6c(c5)C(=O)N(C5CCC(=O)NC5=O)C6=O)C4C3)CC2)cn1. The number of carbonyl (C=O) groups excluding carboxylic acids is 5. The maximum atomic E-state index is 13.7. The quantitative estimate of drug-likeness (QED) is 0.229. The Morgan fingerprint density at radius 2 is 1.70 bits per heavy atom. The maximum Gasteiger partial charge on any atom is 0.262 e. The van der Waals surface area contributed by atoms with Gasteiger partial charge in [0, 0.05) is 41.2 Å². The maximum absolute atomic E-state index is 13.7. The number of likely N-dealkylation sites (tertiary alicyclic amines) is 1. The van der Waals surface area contributed by atoms with Gasteiger partial charge in [-0.25, -0.2) is 0 Å². The summed E-state index contributed by atoms with van der Waals surface area (Å²) in [5, 5.41) is 24.9. The van der Waals surface area contributed by atoms with E-state index in [1.54, 1.807) is 22.9 Å². The van der Waals surface area contributed by atoms with Crippen molar-refractivity contribution >= 4 is 46.0 Å². The molecule has 5 heterocycles. The summed E-state index contributed by atoms with van der Waals surface area (Å²) < 4.78 is 1.76. The summed E-state index contributed by atoms with van der Waals surface area (Å²) in [5.74, 6) is -0.872. The molecular weight excluding hydrogens is 709 g/mol. The number of piperidine rings is 2. The second kappa shape index (κ2) is 13.8. The Bertz CT molecular complexity index is 2350. The van der Waals surface area contributed by atoms with E-state index in [-0.39, 0.29) is 24.8 Å². The Labute approximate surface area is 324 Å². The molecule has 3 aromatic carbocycles. The molecule has 5 aliphatic rings. The number of nitriles is 1. The number of amides is 5. The minimum Gasteiger partial charge on any atom is -0.323 e. The monoisotopic (exact) mass is 752 g/mol. The number of hydrogen-bond donors (Lipinski definition) is 3. The zero-order valence-corrected chi connectivity index (χ0v) is 31.5. The van der Waals surface area contributed by atoms with E-state index >= 15 is 0 Å². The first-order chi connectivity index (χ1) is 27.0. The number of anilines is 1. The van der Waals surface area contributed by atoms with Crippen LogP contribution in [0, 0.1) is 23.2 Å². The summed E-state index contributed by atoms with van der Waals surface area (Å²) >= 11 is 0. The molecule has 0 spiro atoms. The van der Waals surface area contributed by atoms with Crippen LogP contribution < -0.4 is 16.0 Å². The van der Waals surface area contributed by atoms with Crippen molar-refractivity contribution in [2.45, 2.75) is 82.0 Å². The van der Waals surface area contributed by atoms with E-state index in [1.165, 1.54) is 0 Å². The fourth-order valence-corrected chi connectivity index (χ4v) is 9.88. The number of nitrogens with zero attached hydrogens (tertiary/aromatic N) is 5. The lowest BCUT2D eigenvalue weighted by Crippen LogP contribution is -2.54. The summed E-state index contributed by atoms with van der Waals surface area (Å²) in [6, 6.07) is 18.4. The Balaban J connectivity index is 0.818. The molecule has 1 aromatic heterocycles. The molecule has 5 unspecified atom stereocenters. The zero-order chi connectivity index (χ0) is 38.9. The van der Waals surface area contributed by atoms with Crippen LogP contribution in [0.1, 0.15) is 102 Å². The van der Waals surface area contributed by atoms with Crippen molar-refractivity contribution in [3.8, 4) is 6.07 Å². The first-order valence-electron chi connectivity index (χ1n) is 19.6. The van der Waals surface area contributed by atoms with Crippen molar-refractivity contribution in [2.75, 3.05) is 25.0 Å². The van der Waals surface area contributed by atoms with E-state index in [1.807, 2.05) is 62.6 Å². The van der Waals surface area contributed by atoms with Gasteiger partial charge in [0.1, 0.15) is 11.6 Å². The molecule has 5 atom stereocenters. The summed E-state index contributed by atoms with van der Waals surface area (Å²) in [4.78, 5) is 68.3. The standard InChI is InChI=1S/C43H44N8O5/c1-43(2,42(56)47-35-10-8-26(20-44)30-5-3-4-6-31(30)35)50-23-28(22-46-50)24-13-15-49(16-14-24)29-17-27-21-45-38(33(27)19-29)25-7-9-32-34(18-25)41(55)51(40(32)54)36-11-12-37(52)48-39(36)53/h3-10,18,22-24,27,29,33,36,38,45H,11-17,19,21H2,1-2H3,(H,47,56)(H,48,52,53). The second-order valence-electron chi connectivity index (χ2n) is 16.5. The number of aromatic nitrogens is 2. The Morgan fingerprint density at radius 3 is 2.46 bits per heavy atom. The van der Waals surface area contributed by atoms with E-state index in [9.17, 15) is 29.2 Å². The topological polar surface area (TPSA) is 170 Å². The average Bonchev–Trinajstić information content (AvgIpc) is 4.00. The molecule has 13 heteroatoms. The highest BCUT2D eigenvalue weighted by Gasteiger charge is 2.48. The third-order valence-electron chi connectivity index (χ3n) is 13.1. The summed E-state index contributed by atoms with van der Waals surface area (Å²) in [6.07, 6.45) is 8.33. The van der Waals surface area contributed by atoms with Crippen LogP contribution in [-0.4, -0.2) is 80.8 Å². The largest absolute Gasteiger partial charge is 0.323 e. The number of imide groups is 2. The van der Waals surface area contributed by atoms with Gasteiger partial charge in [-0.15, -0.1) is 0 Å². The second-order valence-corrected chi connectivity index (χ2v) is 16.5. The van der Waals surface area contributed by atoms with Gasteiger partial charge in [-0.3, -0.25) is 38.9 Å². The van der Waals surface area contributed by atoms with Crippen molar-refractivity contribution in [3.05, 3.63) is 94.8 Å². The predicted molar refractivity (Wildman–Crippen MR) is 206 cm³/mol. The third kappa shape index (κ3) is 5.99. The fourth-order valence-electron chi connectivity index (χ4n) is 9.88. The van der Waals surface area contributed by atoms with Crippen LogP contribution in [0.3, 0.4) is 0 Å². The molecule has 0 radical (unpaired) electrons. The number of benzene rings is 3. The van der Waals surface area contributed by atoms with Gasteiger partial charge in [-0.05, 0) is 119 Å². The first-order valence-corrected chi connectivity index (χ1v) is 19.6.